The van der Waals surface area contributed by atoms with E-state index >= 15 is 0 Å². The summed E-state index contributed by atoms with van der Waals surface area (Å²) in [4.78, 5) is 23.2. The number of carbonyl (C=O) groups excluding carboxylic acids is 2. The molecule has 1 N–H and O–H groups in total. The molecule has 6 heteroatoms. The minimum atomic E-state index is -0.340. The normalized spacial score (nSPS) is 12.8. The molecular weight excluding hydrogens is 322 g/mol. The van der Waals surface area contributed by atoms with Crippen LogP contribution in [0.2, 0.25) is 0 Å². The van der Waals surface area contributed by atoms with Crippen molar-refractivity contribution in [1.82, 2.24) is 0 Å². The molecule has 130 valence electrons. The van der Waals surface area contributed by atoms with Crippen LogP contribution >= 0.6 is 0 Å². The van der Waals surface area contributed by atoms with E-state index in [0.717, 1.165) is 5.56 Å². The number of amides is 1. The Balaban J connectivity index is 1.61. The Hall–Kier alpha value is -3.02. The lowest BCUT2D eigenvalue weighted by Crippen LogP contribution is -2.25. The van der Waals surface area contributed by atoms with Crippen LogP contribution in [-0.4, -0.2) is 24.6 Å². The zero-order valence-corrected chi connectivity index (χ0v) is 14.1. The van der Waals surface area contributed by atoms with Crippen molar-refractivity contribution in [3.05, 3.63) is 53.6 Å². The number of anilines is 1. The highest BCUT2D eigenvalue weighted by Gasteiger charge is 2.16. The Morgan fingerprint density at radius 2 is 1.96 bits per heavy atom. The van der Waals surface area contributed by atoms with Crippen LogP contribution in [-0.2, 0) is 16.1 Å². The summed E-state index contributed by atoms with van der Waals surface area (Å²) >= 11 is 0. The van der Waals surface area contributed by atoms with E-state index in [1.807, 2.05) is 26.0 Å². The van der Waals surface area contributed by atoms with Gasteiger partial charge in [0.1, 0.15) is 18.1 Å². The van der Waals surface area contributed by atoms with E-state index in [0.29, 0.717) is 29.4 Å². The number of carbonyl (C=O) groups is 2. The molecule has 1 amide bonds. The summed E-state index contributed by atoms with van der Waals surface area (Å²) in [6, 6.07) is 12.3. The quantitative estimate of drug-likeness (QED) is 0.846. The predicted molar refractivity (Wildman–Crippen MR) is 91.9 cm³/mol. The zero-order valence-electron chi connectivity index (χ0n) is 14.1. The lowest BCUT2D eigenvalue weighted by molar-refractivity contribution is -0.118. The number of benzene rings is 2. The van der Waals surface area contributed by atoms with Gasteiger partial charge in [0.25, 0.3) is 5.91 Å². The molecule has 3 rings (SSSR count). The molecule has 0 fully saturated rings. The Morgan fingerprint density at radius 1 is 1.20 bits per heavy atom. The molecule has 0 saturated carbocycles. The largest absolute Gasteiger partial charge is 0.489 e. The minimum Gasteiger partial charge on any atom is -0.489 e. The molecule has 2 aromatic rings. The molecule has 0 bridgehead atoms. The monoisotopic (exact) mass is 341 g/mol. The number of rotatable bonds is 5. The van der Waals surface area contributed by atoms with Gasteiger partial charge in [0.15, 0.2) is 6.61 Å². The average molecular weight is 341 g/mol. The van der Waals surface area contributed by atoms with Crippen LogP contribution in [0.1, 0.15) is 29.8 Å². The molecule has 6 nitrogen and oxygen atoms in total. The van der Waals surface area contributed by atoms with Gasteiger partial charge in [-0.3, -0.25) is 4.79 Å². The molecular formula is C19H19NO5. The number of hydrogen-bond acceptors (Lipinski definition) is 5. The van der Waals surface area contributed by atoms with Crippen LogP contribution in [0.3, 0.4) is 0 Å². The van der Waals surface area contributed by atoms with Gasteiger partial charge in [0, 0.05) is 6.07 Å². The zero-order chi connectivity index (χ0) is 17.8. The van der Waals surface area contributed by atoms with Crippen molar-refractivity contribution in [1.29, 1.82) is 0 Å². The summed E-state index contributed by atoms with van der Waals surface area (Å²) in [7, 11) is 0. The molecule has 0 aliphatic carbocycles. The van der Waals surface area contributed by atoms with E-state index in [1.165, 1.54) is 0 Å². The number of ether oxygens (including phenoxy) is 3. The maximum absolute atomic E-state index is 11.8. The van der Waals surface area contributed by atoms with Crippen LogP contribution < -0.4 is 14.8 Å². The lowest BCUT2D eigenvalue weighted by atomic mass is 10.1. The third-order valence-corrected chi connectivity index (χ3v) is 3.52. The Labute approximate surface area is 145 Å². The van der Waals surface area contributed by atoms with E-state index in [1.54, 1.807) is 30.3 Å². The van der Waals surface area contributed by atoms with Gasteiger partial charge in [-0.25, -0.2) is 4.79 Å². The number of esters is 1. The van der Waals surface area contributed by atoms with E-state index in [9.17, 15) is 9.59 Å². The van der Waals surface area contributed by atoms with E-state index in [2.05, 4.69) is 5.32 Å². The smallest absolute Gasteiger partial charge is 0.338 e. The topological polar surface area (TPSA) is 73.9 Å². The van der Waals surface area contributed by atoms with E-state index < -0.39 is 0 Å². The van der Waals surface area contributed by atoms with Gasteiger partial charge in [-0.05, 0) is 43.7 Å². The first kappa shape index (κ1) is 16.8. The summed E-state index contributed by atoms with van der Waals surface area (Å²) < 4.78 is 16.2. The van der Waals surface area contributed by atoms with Crippen molar-refractivity contribution in [3.63, 3.8) is 0 Å². The molecule has 25 heavy (non-hydrogen) atoms. The molecule has 1 heterocycles. The lowest BCUT2D eigenvalue weighted by Gasteiger charge is -2.18. The molecule has 0 aromatic heterocycles. The fourth-order valence-corrected chi connectivity index (χ4v) is 2.34. The fourth-order valence-electron chi connectivity index (χ4n) is 2.34. The summed E-state index contributed by atoms with van der Waals surface area (Å²) in [6.07, 6.45) is -0.149. The Kier molecular flexibility index (Phi) is 4.88. The molecule has 1 aliphatic heterocycles. The van der Waals surface area contributed by atoms with Gasteiger partial charge >= 0.3 is 5.97 Å². The van der Waals surface area contributed by atoms with Gasteiger partial charge in [-0.1, -0.05) is 12.1 Å². The second kappa shape index (κ2) is 7.25. The van der Waals surface area contributed by atoms with Crippen molar-refractivity contribution in [2.24, 2.45) is 0 Å². The molecule has 0 unspecified atom stereocenters. The third kappa shape index (κ3) is 4.29. The van der Waals surface area contributed by atoms with Crippen LogP contribution in [0.4, 0.5) is 5.69 Å². The van der Waals surface area contributed by atoms with Gasteiger partial charge in [-0.2, -0.15) is 0 Å². The van der Waals surface area contributed by atoms with Gasteiger partial charge in [0.05, 0.1) is 17.4 Å². The molecule has 0 spiro atoms. The number of fused-ring (bicyclic) bond motifs is 1. The van der Waals surface area contributed by atoms with Crippen LogP contribution in [0, 0.1) is 0 Å². The fraction of sp³-hybridized carbons (Fsp3) is 0.263. The first-order valence-corrected chi connectivity index (χ1v) is 8.00. The summed E-state index contributed by atoms with van der Waals surface area (Å²) in [5.41, 5.74) is 2.02. The third-order valence-electron chi connectivity index (χ3n) is 3.52. The van der Waals surface area contributed by atoms with Crippen LogP contribution in [0.25, 0.3) is 0 Å². The summed E-state index contributed by atoms with van der Waals surface area (Å²) in [6.45, 7) is 3.99. The first-order chi connectivity index (χ1) is 12.0. The molecule has 2 aromatic carbocycles. The first-order valence-electron chi connectivity index (χ1n) is 8.00. The van der Waals surface area contributed by atoms with Crippen molar-refractivity contribution < 1.29 is 23.8 Å². The van der Waals surface area contributed by atoms with Crippen molar-refractivity contribution in [2.45, 2.75) is 26.6 Å². The maximum Gasteiger partial charge on any atom is 0.338 e. The van der Waals surface area contributed by atoms with Gasteiger partial charge < -0.3 is 19.5 Å². The predicted octanol–water partition coefficient (Wildman–Crippen LogP) is 3.16. The molecule has 0 saturated heterocycles. The number of nitrogens with one attached hydrogen (secondary N) is 1. The second-order valence-electron chi connectivity index (χ2n) is 5.93. The van der Waals surface area contributed by atoms with Crippen LogP contribution in [0.15, 0.2) is 42.5 Å². The maximum atomic E-state index is 11.8. The standard InChI is InChI=1S/C19H19NO5/c1-12(2)25-19(22)14-5-3-13(4-6-14)10-23-15-7-8-17-16(9-15)20-18(21)11-24-17/h3-9,12H,10-11H2,1-2H3,(H,20,21). The van der Waals surface area contributed by atoms with E-state index in [-0.39, 0.29) is 24.6 Å². The molecule has 0 radical (unpaired) electrons. The summed E-state index contributed by atoms with van der Waals surface area (Å²) in [5, 5.41) is 2.74. The van der Waals surface area contributed by atoms with Crippen molar-refractivity contribution in [3.8, 4) is 11.5 Å². The Bertz CT molecular complexity index is 783. The Morgan fingerprint density at radius 3 is 2.68 bits per heavy atom. The van der Waals surface area contributed by atoms with Gasteiger partial charge in [-0.15, -0.1) is 0 Å². The minimum absolute atomic E-state index is 0.0266. The van der Waals surface area contributed by atoms with Crippen LogP contribution in [0.5, 0.6) is 11.5 Å². The second-order valence-corrected chi connectivity index (χ2v) is 5.93. The van der Waals surface area contributed by atoms with E-state index in [4.69, 9.17) is 14.2 Å². The summed E-state index contributed by atoms with van der Waals surface area (Å²) in [5.74, 6) is 0.717. The van der Waals surface area contributed by atoms with Gasteiger partial charge in [0.2, 0.25) is 0 Å². The van der Waals surface area contributed by atoms with Crippen molar-refractivity contribution in [2.75, 3.05) is 11.9 Å². The average Bonchev–Trinajstić information content (AvgIpc) is 2.59. The molecule has 0 atom stereocenters. The molecule has 1 aliphatic rings. The number of hydrogen-bond donors (Lipinski definition) is 1. The highest BCUT2D eigenvalue weighted by molar-refractivity contribution is 5.95. The highest BCUT2D eigenvalue weighted by Crippen LogP contribution is 2.31. The SMILES string of the molecule is CC(C)OC(=O)c1ccc(COc2ccc3c(c2)NC(=O)CO3)cc1. The highest BCUT2D eigenvalue weighted by atomic mass is 16.5. The van der Waals surface area contributed by atoms with Crippen molar-refractivity contribution >= 4 is 17.6 Å².